The van der Waals surface area contributed by atoms with Gasteiger partial charge >= 0.3 is 19.8 Å². The van der Waals surface area contributed by atoms with E-state index in [1.165, 1.54) is 340 Å². The van der Waals surface area contributed by atoms with Gasteiger partial charge in [-0.15, -0.1) is 0 Å². The Hall–Kier alpha value is -1.25. The van der Waals surface area contributed by atoms with Gasteiger partial charge in [-0.05, 0) is 38.5 Å². The lowest BCUT2D eigenvalue weighted by molar-refractivity contribution is -0.161. The molecule has 0 heterocycles. The van der Waals surface area contributed by atoms with Crippen LogP contribution in [0.25, 0.3) is 0 Å². The van der Waals surface area contributed by atoms with Crippen molar-refractivity contribution in [1.29, 1.82) is 0 Å². The van der Waals surface area contributed by atoms with Gasteiger partial charge in [0.2, 0.25) is 0 Å². The lowest BCUT2D eigenvalue weighted by Gasteiger charge is -2.19. The molecule has 0 rings (SSSR count). The second-order valence-corrected chi connectivity index (χ2v) is 26.6. The highest BCUT2D eigenvalue weighted by Crippen LogP contribution is 2.43. The van der Waals surface area contributed by atoms with Crippen molar-refractivity contribution >= 4 is 19.8 Å². The number of hydrogen-bond donors (Lipinski definition) is 2. The van der Waals surface area contributed by atoms with Gasteiger partial charge in [-0.2, -0.15) is 0 Å². The number of carbonyl (C=O) groups excluding carboxylic acids is 2. The fourth-order valence-electron chi connectivity index (χ4n) is 11.5. The summed E-state index contributed by atoms with van der Waals surface area (Å²) >= 11 is 0. The van der Waals surface area contributed by atoms with E-state index in [9.17, 15) is 19.0 Å². The summed E-state index contributed by atoms with van der Waals surface area (Å²) in [5.74, 6) is -0.798. The maximum Gasteiger partial charge on any atom is 0.472 e. The average molecular weight is 1180 g/mol. The van der Waals surface area contributed by atoms with Crippen molar-refractivity contribution in [3.8, 4) is 0 Å². The molecular formula is C72H142NO8P. The van der Waals surface area contributed by atoms with Crippen LogP contribution in [0.4, 0.5) is 0 Å². The Morgan fingerprint density at radius 3 is 0.866 bits per heavy atom. The number of carbonyl (C=O) groups is 2. The van der Waals surface area contributed by atoms with Crippen molar-refractivity contribution in [3.63, 3.8) is 0 Å². The first kappa shape index (κ1) is 80.8. The van der Waals surface area contributed by atoms with Gasteiger partial charge in [-0.25, -0.2) is 4.57 Å². The largest absolute Gasteiger partial charge is 0.472 e. The first-order valence-corrected chi connectivity index (χ1v) is 38.2. The molecule has 0 aliphatic carbocycles. The Bertz CT molecular complexity index is 1350. The first-order chi connectivity index (χ1) is 40.3. The van der Waals surface area contributed by atoms with Gasteiger partial charge in [0.25, 0.3) is 0 Å². The van der Waals surface area contributed by atoms with Crippen LogP contribution >= 0.6 is 7.82 Å². The Morgan fingerprint density at radius 1 is 0.354 bits per heavy atom. The molecule has 488 valence electrons. The number of ether oxygens (including phenoxy) is 2. The second kappa shape index (κ2) is 68.9. The van der Waals surface area contributed by atoms with Crippen LogP contribution in [0.2, 0.25) is 0 Å². The van der Waals surface area contributed by atoms with Crippen molar-refractivity contribution < 1.29 is 37.6 Å². The predicted molar refractivity (Wildman–Crippen MR) is 354 cm³/mol. The summed E-state index contributed by atoms with van der Waals surface area (Å²) in [6.45, 7) is 3.84. The summed E-state index contributed by atoms with van der Waals surface area (Å²) in [7, 11) is -4.39. The lowest BCUT2D eigenvalue weighted by Crippen LogP contribution is -2.29. The molecule has 0 aromatic heterocycles. The van der Waals surface area contributed by atoms with Crippen molar-refractivity contribution in [2.75, 3.05) is 26.4 Å². The Balaban J connectivity index is 3.75. The molecule has 0 aliphatic heterocycles. The van der Waals surface area contributed by atoms with E-state index >= 15 is 0 Å². The van der Waals surface area contributed by atoms with E-state index in [-0.39, 0.29) is 38.6 Å². The third-order valence-electron chi connectivity index (χ3n) is 16.9. The highest BCUT2D eigenvalue weighted by atomic mass is 31.2. The molecule has 0 amide bonds. The van der Waals surface area contributed by atoms with Gasteiger partial charge in [0, 0.05) is 19.4 Å². The third kappa shape index (κ3) is 67.9. The summed E-state index contributed by atoms with van der Waals surface area (Å²) in [6, 6.07) is 0. The van der Waals surface area contributed by atoms with Crippen LogP contribution in [0.3, 0.4) is 0 Å². The minimum Gasteiger partial charge on any atom is -0.462 e. The van der Waals surface area contributed by atoms with Gasteiger partial charge in [0.05, 0.1) is 13.2 Å². The SMILES string of the molecule is CCCCCCCCCC/C=C\CCCCCCCCCCCCCCCCCCCCCCCCCCCC(=O)OC(COC(=O)CCCCCCCCCCCCCCCCCCCCCCCCCC)COP(=O)(O)OCCN. The lowest BCUT2D eigenvalue weighted by atomic mass is 10.0. The fraction of sp³-hybridized carbons (Fsp3) is 0.944. The number of unbranched alkanes of at least 4 members (excludes halogenated alkanes) is 56. The van der Waals surface area contributed by atoms with E-state index in [1.54, 1.807) is 0 Å². The zero-order valence-corrected chi connectivity index (χ0v) is 55.9. The van der Waals surface area contributed by atoms with Crippen LogP contribution in [0.5, 0.6) is 0 Å². The number of rotatable bonds is 71. The summed E-state index contributed by atoms with van der Waals surface area (Å²) in [4.78, 5) is 35.4. The van der Waals surface area contributed by atoms with Crippen LogP contribution in [0.15, 0.2) is 12.2 Å². The minimum absolute atomic E-state index is 0.0581. The molecule has 82 heavy (non-hydrogen) atoms. The molecule has 3 N–H and O–H groups in total. The monoisotopic (exact) mass is 1180 g/mol. The minimum atomic E-state index is -4.39. The maximum absolute atomic E-state index is 12.8. The molecule has 0 aliphatic rings. The maximum atomic E-state index is 12.8. The molecule has 9 nitrogen and oxygen atoms in total. The highest BCUT2D eigenvalue weighted by molar-refractivity contribution is 7.47. The summed E-state index contributed by atoms with van der Waals surface area (Å²) in [5, 5.41) is 0. The number of phosphoric acid groups is 1. The normalized spacial score (nSPS) is 12.9. The molecule has 0 fully saturated rings. The van der Waals surface area contributed by atoms with Gasteiger partial charge in [-0.1, -0.05) is 366 Å². The molecule has 0 aromatic rings. The van der Waals surface area contributed by atoms with Crippen LogP contribution in [-0.2, 0) is 32.7 Å². The number of esters is 2. The van der Waals surface area contributed by atoms with Crippen molar-refractivity contribution in [3.05, 3.63) is 12.2 Å². The van der Waals surface area contributed by atoms with Crippen LogP contribution in [0.1, 0.15) is 406 Å². The van der Waals surface area contributed by atoms with E-state index < -0.39 is 26.5 Å². The van der Waals surface area contributed by atoms with E-state index in [0.717, 1.165) is 32.1 Å². The van der Waals surface area contributed by atoms with E-state index in [1.807, 2.05) is 0 Å². The Morgan fingerprint density at radius 2 is 0.598 bits per heavy atom. The third-order valence-corrected chi connectivity index (χ3v) is 17.9. The molecule has 0 saturated carbocycles. The molecular weight excluding hydrogens is 1040 g/mol. The molecule has 0 saturated heterocycles. The Kier molecular flexibility index (Phi) is 67.8. The molecule has 0 aromatic carbocycles. The van der Waals surface area contributed by atoms with Crippen LogP contribution in [0, 0.1) is 0 Å². The number of phosphoric ester groups is 1. The molecule has 0 radical (unpaired) electrons. The average Bonchev–Trinajstić information content (AvgIpc) is 3.48. The standard InChI is InChI=1S/C72H142NO8P/c1-3-5-7-9-11-13-15-17-19-21-23-25-27-29-30-31-32-33-34-35-36-37-38-39-40-41-43-45-47-49-51-53-55-57-59-61-63-65-72(75)81-70(69-80-82(76,77)79-67-66-73)68-78-71(74)64-62-60-58-56-54-52-50-48-46-44-42-28-26-24-22-20-18-16-14-12-10-8-6-4-2/h21,23,70H,3-20,22,24-69,73H2,1-2H3,(H,76,77)/b23-21-. The highest BCUT2D eigenvalue weighted by Gasteiger charge is 2.26. The fourth-order valence-corrected chi connectivity index (χ4v) is 12.2. The van der Waals surface area contributed by atoms with Gasteiger partial charge in [0.15, 0.2) is 6.10 Å². The van der Waals surface area contributed by atoms with Crippen molar-refractivity contribution in [2.45, 2.75) is 412 Å². The molecule has 10 heteroatoms. The van der Waals surface area contributed by atoms with E-state index in [4.69, 9.17) is 24.3 Å². The zero-order chi connectivity index (χ0) is 59.4. The number of allylic oxidation sites excluding steroid dienone is 2. The predicted octanol–water partition coefficient (Wildman–Crippen LogP) is 23.9. The Labute approximate surface area is 510 Å². The van der Waals surface area contributed by atoms with Crippen molar-refractivity contribution in [1.82, 2.24) is 0 Å². The quantitative estimate of drug-likeness (QED) is 0.0264. The molecule has 0 bridgehead atoms. The number of nitrogens with two attached hydrogens (primary N) is 1. The summed E-state index contributed by atoms with van der Waals surface area (Å²) in [5.41, 5.74) is 5.41. The second-order valence-electron chi connectivity index (χ2n) is 25.2. The van der Waals surface area contributed by atoms with E-state index in [0.29, 0.717) is 6.42 Å². The van der Waals surface area contributed by atoms with E-state index in [2.05, 4.69) is 26.0 Å². The van der Waals surface area contributed by atoms with Gasteiger partial charge in [0.1, 0.15) is 6.61 Å². The van der Waals surface area contributed by atoms with Crippen LogP contribution in [-0.4, -0.2) is 49.3 Å². The topological polar surface area (TPSA) is 134 Å². The first-order valence-electron chi connectivity index (χ1n) is 36.7. The smallest absolute Gasteiger partial charge is 0.462 e. The summed E-state index contributed by atoms with van der Waals surface area (Å²) in [6.07, 6.45) is 83.3. The zero-order valence-electron chi connectivity index (χ0n) is 55.0. The van der Waals surface area contributed by atoms with Gasteiger partial charge in [-0.3, -0.25) is 18.6 Å². The molecule has 2 atom stereocenters. The van der Waals surface area contributed by atoms with Gasteiger partial charge < -0.3 is 20.1 Å². The number of hydrogen-bond acceptors (Lipinski definition) is 8. The summed E-state index contributed by atoms with van der Waals surface area (Å²) < 4.78 is 33.2. The molecule has 0 spiro atoms. The van der Waals surface area contributed by atoms with Crippen LogP contribution < -0.4 is 5.73 Å². The van der Waals surface area contributed by atoms with Crippen molar-refractivity contribution in [2.24, 2.45) is 5.73 Å². The molecule has 2 unspecified atom stereocenters.